The Balaban J connectivity index is 1.42. The van der Waals surface area contributed by atoms with Crippen LogP contribution in [0, 0.1) is 0 Å². The van der Waals surface area contributed by atoms with E-state index < -0.39 is 0 Å². The molecule has 100 valence electrons. The zero-order chi connectivity index (χ0) is 11.8. The molecule has 0 aromatic heterocycles. The summed E-state index contributed by atoms with van der Waals surface area (Å²) in [5.74, 6) is 0. The minimum absolute atomic E-state index is 0.116. The third-order valence-electron chi connectivity index (χ3n) is 2.82. The van der Waals surface area contributed by atoms with Crippen LogP contribution in [-0.2, 0) is 18.5 Å². The minimum atomic E-state index is 0.116. The summed E-state index contributed by atoms with van der Waals surface area (Å²) in [5.41, 5.74) is 0. The summed E-state index contributed by atoms with van der Waals surface area (Å²) in [6, 6.07) is 0. The van der Waals surface area contributed by atoms with Gasteiger partial charge < -0.3 is 18.5 Å². The molecule has 2 heterocycles. The number of morpholine rings is 2. The van der Waals surface area contributed by atoms with Gasteiger partial charge in [0.2, 0.25) is 0 Å². The molecule has 0 radical (unpaired) electrons. The van der Waals surface area contributed by atoms with Gasteiger partial charge >= 0.3 is 0 Å². The van der Waals surface area contributed by atoms with Gasteiger partial charge in [0.25, 0.3) is 0 Å². The predicted molar refractivity (Wildman–Crippen MR) is 65.0 cm³/mol. The van der Waals surface area contributed by atoms with E-state index in [2.05, 4.69) is 9.80 Å². The van der Waals surface area contributed by atoms with Crippen LogP contribution >= 0.6 is 9.03 Å². The van der Waals surface area contributed by atoms with Gasteiger partial charge in [0.15, 0.2) is 9.03 Å². The zero-order valence-corrected chi connectivity index (χ0v) is 11.1. The highest BCUT2D eigenvalue weighted by molar-refractivity contribution is 7.26. The van der Waals surface area contributed by atoms with E-state index in [9.17, 15) is 0 Å². The summed E-state index contributed by atoms with van der Waals surface area (Å²) >= 11 is 0. The quantitative estimate of drug-likeness (QED) is 0.501. The highest BCUT2D eigenvalue weighted by atomic mass is 31.1. The van der Waals surface area contributed by atoms with E-state index >= 15 is 0 Å². The van der Waals surface area contributed by atoms with Crippen LogP contribution in [0.4, 0.5) is 0 Å². The van der Waals surface area contributed by atoms with E-state index in [1.807, 2.05) is 0 Å². The fourth-order valence-corrected chi connectivity index (χ4v) is 2.29. The van der Waals surface area contributed by atoms with Gasteiger partial charge in [-0.2, -0.15) is 0 Å². The molecule has 7 heteroatoms. The largest absolute Gasteiger partial charge is 0.379 e. The van der Waals surface area contributed by atoms with Crippen LogP contribution in [0.5, 0.6) is 0 Å². The molecular formula is C10H21N2O4P. The third-order valence-corrected chi connectivity index (χ3v) is 3.31. The van der Waals surface area contributed by atoms with Gasteiger partial charge in [-0.3, -0.25) is 9.80 Å². The molecule has 17 heavy (non-hydrogen) atoms. The number of hydrogen-bond donors (Lipinski definition) is 0. The van der Waals surface area contributed by atoms with Crippen LogP contribution < -0.4 is 0 Å². The summed E-state index contributed by atoms with van der Waals surface area (Å²) in [4.78, 5) is 4.46. The van der Waals surface area contributed by atoms with Crippen molar-refractivity contribution in [2.24, 2.45) is 0 Å². The molecule has 0 bridgehead atoms. The second-order valence-corrected chi connectivity index (χ2v) is 4.84. The number of rotatable bonds is 6. The second-order valence-electron chi connectivity index (χ2n) is 4.09. The van der Waals surface area contributed by atoms with Crippen LogP contribution in [0.15, 0.2) is 0 Å². The molecule has 0 unspecified atom stereocenters. The van der Waals surface area contributed by atoms with Crippen molar-refractivity contribution in [1.82, 2.24) is 9.80 Å². The lowest BCUT2D eigenvalue weighted by molar-refractivity contribution is -0.00655. The Morgan fingerprint density at radius 1 is 0.765 bits per heavy atom. The van der Waals surface area contributed by atoms with E-state index in [1.165, 1.54) is 0 Å². The summed E-state index contributed by atoms with van der Waals surface area (Å²) in [6.45, 7) is 8.32. The molecule has 0 spiro atoms. The maximum Gasteiger partial charge on any atom is 0.157 e. The van der Waals surface area contributed by atoms with Crippen molar-refractivity contribution in [3.63, 3.8) is 0 Å². The molecule has 2 aliphatic rings. The lowest BCUT2D eigenvalue weighted by atomic mass is 10.5. The van der Waals surface area contributed by atoms with Crippen LogP contribution in [-0.4, -0.2) is 75.9 Å². The molecule has 0 aromatic rings. The van der Waals surface area contributed by atoms with Crippen LogP contribution in [0.3, 0.4) is 0 Å². The average molecular weight is 264 g/mol. The zero-order valence-electron chi connectivity index (χ0n) is 10.1. The molecule has 2 fully saturated rings. The summed E-state index contributed by atoms with van der Waals surface area (Å²) in [7, 11) is 0.116. The van der Waals surface area contributed by atoms with Gasteiger partial charge in [-0.15, -0.1) is 0 Å². The smallest absolute Gasteiger partial charge is 0.157 e. The molecular weight excluding hydrogens is 243 g/mol. The first-order chi connectivity index (χ1) is 8.45. The van der Waals surface area contributed by atoms with Crippen LogP contribution in [0.25, 0.3) is 0 Å². The van der Waals surface area contributed by atoms with Crippen molar-refractivity contribution in [1.29, 1.82) is 0 Å². The standard InChI is InChI=1S/C10H21N2O4P/c1-5-13-6-2-11(1)9-15-17-16-10-12-3-7-14-8-4-12/h17H,1-10H2. The van der Waals surface area contributed by atoms with Gasteiger partial charge in [0.1, 0.15) is 13.5 Å². The average Bonchev–Trinajstić information content (AvgIpc) is 2.41. The Morgan fingerprint density at radius 3 is 1.59 bits per heavy atom. The molecule has 0 amide bonds. The summed E-state index contributed by atoms with van der Waals surface area (Å²) in [6.07, 6.45) is 0. The Hall–Kier alpha value is 0.190. The van der Waals surface area contributed by atoms with E-state index in [0.717, 1.165) is 52.6 Å². The van der Waals surface area contributed by atoms with Gasteiger partial charge in [-0.05, 0) is 0 Å². The first-order valence-corrected chi connectivity index (χ1v) is 6.85. The van der Waals surface area contributed by atoms with Crippen LogP contribution in [0.1, 0.15) is 0 Å². The van der Waals surface area contributed by atoms with Crippen molar-refractivity contribution < 1.29 is 18.5 Å². The minimum Gasteiger partial charge on any atom is -0.379 e. The topological polar surface area (TPSA) is 43.4 Å². The Morgan fingerprint density at radius 2 is 1.18 bits per heavy atom. The summed E-state index contributed by atoms with van der Waals surface area (Å²) in [5, 5.41) is 0. The van der Waals surface area contributed by atoms with Gasteiger partial charge in [-0.1, -0.05) is 0 Å². The Bertz CT molecular complexity index is 179. The number of nitrogens with zero attached hydrogens (tertiary/aromatic N) is 2. The van der Waals surface area contributed by atoms with Crippen molar-refractivity contribution >= 4 is 9.03 Å². The van der Waals surface area contributed by atoms with Crippen LogP contribution in [0.2, 0.25) is 0 Å². The lowest BCUT2D eigenvalue weighted by Gasteiger charge is -2.27. The predicted octanol–water partition coefficient (Wildman–Crippen LogP) is 0.107. The normalized spacial score (nSPS) is 24.0. The van der Waals surface area contributed by atoms with Crippen molar-refractivity contribution in [3.8, 4) is 0 Å². The van der Waals surface area contributed by atoms with E-state index in [4.69, 9.17) is 18.5 Å². The third kappa shape index (κ3) is 5.57. The Kier molecular flexibility index (Phi) is 6.66. The molecule has 2 aliphatic heterocycles. The molecule has 0 aromatic carbocycles. The molecule has 0 saturated carbocycles. The van der Waals surface area contributed by atoms with E-state index in [1.54, 1.807) is 0 Å². The maximum atomic E-state index is 5.48. The monoisotopic (exact) mass is 264 g/mol. The molecule has 0 aliphatic carbocycles. The fourth-order valence-electron chi connectivity index (χ4n) is 1.74. The molecule has 0 N–H and O–H groups in total. The molecule has 6 nitrogen and oxygen atoms in total. The lowest BCUT2D eigenvalue weighted by Crippen LogP contribution is -2.37. The summed E-state index contributed by atoms with van der Waals surface area (Å²) < 4.78 is 21.5. The molecule has 2 saturated heterocycles. The van der Waals surface area contributed by atoms with Gasteiger partial charge in [-0.25, -0.2) is 0 Å². The molecule has 0 atom stereocenters. The number of hydrogen-bond acceptors (Lipinski definition) is 6. The first kappa shape index (κ1) is 13.6. The highest BCUT2D eigenvalue weighted by Crippen LogP contribution is 2.15. The van der Waals surface area contributed by atoms with E-state index in [0.29, 0.717) is 13.5 Å². The van der Waals surface area contributed by atoms with Crippen molar-refractivity contribution in [2.75, 3.05) is 66.1 Å². The second kappa shape index (κ2) is 8.32. The maximum absolute atomic E-state index is 5.48. The van der Waals surface area contributed by atoms with E-state index in [-0.39, 0.29) is 9.03 Å². The SMILES string of the molecule is C1CN(COPOCN2CCOCC2)CCO1. The number of ether oxygens (including phenoxy) is 2. The Labute approximate surface area is 104 Å². The van der Waals surface area contributed by atoms with Crippen molar-refractivity contribution in [2.45, 2.75) is 0 Å². The molecule has 2 rings (SSSR count). The highest BCUT2D eigenvalue weighted by Gasteiger charge is 2.11. The first-order valence-electron chi connectivity index (χ1n) is 6.04. The van der Waals surface area contributed by atoms with Crippen molar-refractivity contribution in [3.05, 3.63) is 0 Å². The fraction of sp³-hybridized carbons (Fsp3) is 1.00. The van der Waals surface area contributed by atoms with Gasteiger partial charge in [0.05, 0.1) is 26.4 Å². The van der Waals surface area contributed by atoms with Gasteiger partial charge in [0, 0.05) is 26.2 Å².